The van der Waals surface area contributed by atoms with E-state index in [2.05, 4.69) is 34.2 Å². The third-order valence-corrected chi connectivity index (χ3v) is 5.95. The summed E-state index contributed by atoms with van der Waals surface area (Å²) in [6, 6.07) is 7.44. The molecule has 0 fully saturated rings. The summed E-state index contributed by atoms with van der Waals surface area (Å²) in [6.07, 6.45) is 1.16. The van der Waals surface area contributed by atoms with Crippen molar-refractivity contribution in [3.63, 3.8) is 0 Å². The molecule has 172 valence electrons. The van der Waals surface area contributed by atoms with Crippen LogP contribution in [0.5, 0.6) is 0 Å². The zero-order valence-corrected chi connectivity index (χ0v) is 20.2. The lowest BCUT2D eigenvalue weighted by Crippen LogP contribution is -2.39. The number of nitrogens with zero attached hydrogens (tertiary/aromatic N) is 1. The van der Waals surface area contributed by atoms with Crippen LogP contribution in [0, 0.1) is 5.92 Å². The second kappa shape index (κ2) is 13.6. The minimum atomic E-state index is -3.32. The normalized spacial score (nSPS) is 13.7. The van der Waals surface area contributed by atoms with Crippen molar-refractivity contribution in [1.82, 2.24) is 15.4 Å². The van der Waals surface area contributed by atoms with Crippen LogP contribution in [0.1, 0.15) is 59.1 Å². The second-order valence-corrected chi connectivity index (χ2v) is 9.75. The minimum absolute atomic E-state index is 0.0181. The molecule has 1 aromatic rings. The molecule has 0 bridgehead atoms. The van der Waals surface area contributed by atoms with E-state index in [1.165, 1.54) is 0 Å². The highest BCUT2D eigenvalue weighted by Crippen LogP contribution is 2.11. The van der Waals surface area contributed by atoms with E-state index in [0.717, 1.165) is 43.2 Å². The van der Waals surface area contributed by atoms with Crippen molar-refractivity contribution in [1.29, 1.82) is 0 Å². The standard InChI is InChI=1S/C22H40N4O3S/c1-7-23-22(24-14-13-21(17(3)4)29-8-2)25-15-19-9-11-20(12-10-19)16-30(27,28)26-18(5)6/h9-12,17-18,21,26H,7-8,13-16H2,1-6H3,(H2,23,24,25). The Labute approximate surface area is 183 Å². The molecule has 0 spiro atoms. The van der Waals surface area contributed by atoms with E-state index in [9.17, 15) is 8.42 Å². The Morgan fingerprint density at radius 2 is 1.67 bits per heavy atom. The molecule has 0 aromatic heterocycles. The van der Waals surface area contributed by atoms with Gasteiger partial charge in [0.05, 0.1) is 18.4 Å². The summed E-state index contributed by atoms with van der Waals surface area (Å²) in [5, 5.41) is 6.63. The number of benzene rings is 1. The average Bonchev–Trinajstić information content (AvgIpc) is 2.65. The lowest BCUT2D eigenvalue weighted by Gasteiger charge is -2.21. The van der Waals surface area contributed by atoms with Gasteiger partial charge in [-0.1, -0.05) is 38.1 Å². The summed E-state index contributed by atoms with van der Waals surface area (Å²) >= 11 is 0. The molecule has 7 nitrogen and oxygen atoms in total. The van der Waals surface area contributed by atoms with Gasteiger partial charge in [0, 0.05) is 25.7 Å². The highest BCUT2D eigenvalue weighted by molar-refractivity contribution is 7.88. The Kier molecular flexibility index (Phi) is 12.0. The Morgan fingerprint density at radius 3 is 2.20 bits per heavy atom. The van der Waals surface area contributed by atoms with Crippen molar-refractivity contribution in [2.24, 2.45) is 10.9 Å². The summed E-state index contributed by atoms with van der Waals surface area (Å²) in [7, 11) is -3.32. The first kappa shape index (κ1) is 26.4. The number of guanidine groups is 1. The molecule has 1 atom stereocenters. The zero-order chi connectivity index (χ0) is 22.6. The Hall–Kier alpha value is -1.64. The number of aliphatic imine (C=N–C) groups is 1. The van der Waals surface area contributed by atoms with E-state index in [4.69, 9.17) is 4.74 Å². The van der Waals surface area contributed by atoms with Crippen LogP contribution in [0.2, 0.25) is 0 Å². The Morgan fingerprint density at radius 1 is 1.03 bits per heavy atom. The van der Waals surface area contributed by atoms with E-state index >= 15 is 0 Å². The topological polar surface area (TPSA) is 91.8 Å². The second-order valence-electron chi connectivity index (χ2n) is 8.00. The molecule has 0 saturated carbocycles. The van der Waals surface area contributed by atoms with Gasteiger partial charge in [-0.3, -0.25) is 0 Å². The maximum absolute atomic E-state index is 12.1. The molecular weight excluding hydrogens is 400 g/mol. The van der Waals surface area contributed by atoms with E-state index in [0.29, 0.717) is 12.5 Å². The van der Waals surface area contributed by atoms with Gasteiger partial charge >= 0.3 is 0 Å². The quantitative estimate of drug-likeness (QED) is 0.324. The predicted molar refractivity (Wildman–Crippen MR) is 125 cm³/mol. The first-order valence-corrected chi connectivity index (χ1v) is 12.5. The van der Waals surface area contributed by atoms with Gasteiger partial charge in [0.25, 0.3) is 0 Å². The minimum Gasteiger partial charge on any atom is -0.378 e. The summed E-state index contributed by atoms with van der Waals surface area (Å²) in [4.78, 5) is 4.64. The first-order valence-electron chi connectivity index (χ1n) is 10.9. The zero-order valence-electron chi connectivity index (χ0n) is 19.4. The average molecular weight is 441 g/mol. The van der Waals surface area contributed by atoms with Gasteiger partial charge in [0.15, 0.2) is 5.96 Å². The van der Waals surface area contributed by atoms with Crippen molar-refractivity contribution in [2.75, 3.05) is 19.7 Å². The molecule has 1 unspecified atom stereocenters. The van der Waals surface area contributed by atoms with Crippen molar-refractivity contribution < 1.29 is 13.2 Å². The Balaban J connectivity index is 2.63. The fraction of sp³-hybridized carbons (Fsp3) is 0.682. The molecule has 0 amide bonds. The lowest BCUT2D eigenvalue weighted by molar-refractivity contribution is 0.0258. The maximum atomic E-state index is 12.1. The summed E-state index contributed by atoms with van der Waals surface area (Å²) < 4.78 is 32.5. The van der Waals surface area contributed by atoms with E-state index < -0.39 is 10.0 Å². The highest BCUT2D eigenvalue weighted by atomic mass is 32.2. The molecule has 0 saturated heterocycles. The van der Waals surface area contributed by atoms with Crippen molar-refractivity contribution >= 4 is 16.0 Å². The molecule has 1 rings (SSSR count). The number of nitrogens with one attached hydrogen (secondary N) is 3. The monoisotopic (exact) mass is 440 g/mol. The third-order valence-electron chi connectivity index (χ3n) is 4.40. The van der Waals surface area contributed by atoms with Gasteiger partial charge in [-0.05, 0) is 51.2 Å². The van der Waals surface area contributed by atoms with Crippen LogP contribution in [-0.4, -0.2) is 46.2 Å². The molecule has 3 N–H and O–H groups in total. The van der Waals surface area contributed by atoms with Crippen molar-refractivity contribution in [3.05, 3.63) is 35.4 Å². The van der Waals surface area contributed by atoms with E-state index in [1.54, 1.807) is 0 Å². The van der Waals surface area contributed by atoms with Gasteiger partial charge in [0.2, 0.25) is 10.0 Å². The van der Waals surface area contributed by atoms with Crippen molar-refractivity contribution in [3.8, 4) is 0 Å². The van der Waals surface area contributed by atoms with Crippen LogP contribution < -0.4 is 15.4 Å². The number of ether oxygens (including phenoxy) is 1. The smallest absolute Gasteiger partial charge is 0.216 e. The molecule has 0 radical (unpaired) electrons. The van der Waals surface area contributed by atoms with Gasteiger partial charge in [0.1, 0.15) is 0 Å². The molecule has 8 heteroatoms. The molecular formula is C22H40N4O3S. The number of hydrogen-bond acceptors (Lipinski definition) is 4. The summed E-state index contributed by atoms with van der Waals surface area (Å²) in [5.74, 6) is 1.23. The van der Waals surface area contributed by atoms with Gasteiger partial charge in [-0.2, -0.15) is 0 Å². The van der Waals surface area contributed by atoms with Crippen LogP contribution in [0.4, 0.5) is 0 Å². The van der Waals surface area contributed by atoms with E-state index in [1.807, 2.05) is 52.0 Å². The van der Waals surface area contributed by atoms with Crippen molar-refractivity contribution in [2.45, 2.75) is 72.4 Å². The number of hydrogen-bond donors (Lipinski definition) is 3. The summed E-state index contributed by atoms with van der Waals surface area (Å²) in [6.45, 7) is 14.8. The van der Waals surface area contributed by atoms with Crippen LogP contribution in [0.15, 0.2) is 29.3 Å². The molecule has 0 aliphatic rings. The number of sulfonamides is 1. The fourth-order valence-electron chi connectivity index (χ4n) is 3.03. The molecule has 0 aliphatic carbocycles. The summed E-state index contributed by atoms with van der Waals surface area (Å²) in [5.41, 5.74) is 1.79. The van der Waals surface area contributed by atoms with E-state index in [-0.39, 0.29) is 17.9 Å². The highest BCUT2D eigenvalue weighted by Gasteiger charge is 2.14. The fourth-order valence-corrected chi connectivity index (χ4v) is 4.46. The largest absolute Gasteiger partial charge is 0.378 e. The molecule has 30 heavy (non-hydrogen) atoms. The van der Waals surface area contributed by atoms with Crippen LogP contribution >= 0.6 is 0 Å². The molecule has 0 aliphatic heterocycles. The van der Waals surface area contributed by atoms with Gasteiger partial charge < -0.3 is 15.4 Å². The van der Waals surface area contributed by atoms with Crippen LogP contribution in [0.25, 0.3) is 0 Å². The Bertz CT molecular complexity index is 731. The van der Waals surface area contributed by atoms with Gasteiger partial charge in [-0.15, -0.1) is 0 Å². The lowest BCUT2D eigenvalue weighted by atomic mass is 10.0. The first-order chi connectivity index (χ1) is 14.2. The third kappa shape index (κ3) is 10.9. The maximum Gasteiger partial charge on any atom is 0.216 e. The molecule has 1 aromatic carbocycles. The van der Waals surface area contributed by atoms with Crippen LogP contribution in [0.3, 0.4) is 0 Å². The van der Waals surface area contributed by atoms with Crippen LogP contribution in [-0.2, 0) is 27.1 Å². The van der Waals surface area contributed by atoms with Gasteiger partial charge in [-0.25, -0.2) is 18.1 Å². The SMILES string of the molecule is CCNC(=NCc1ccc(CS(=O)(=O)NC(C)C)cc1)NCCC(OCC)C(C)C. The molecule has 0 heterocycles. The predicted octanol–water partition coefficient (Wildman–Crippen LogP) is 3.02. The number of rotatable bonds is 13.